The Morgan fingerprint density at radius 3 is 2.35 bits per heavy atom. The first-order chi connectivity index (χ1) is 9.81. The summed E-state index contributed by atoms with van der Waals surface area (Å²) in [6, 6.07) is 13.4. The predicted molar refractivity (Wildman–Crippen MR) is 80.8 cm³/mol. The number of nitrogens with zero attached hydrogens (tertiary/aromatic N) is 3. The number of aromatic nitrogens is 3. The van der Waals surface area contributed by atoms with Crippen LogP contribution in [0.15, 0.2) is 71.0 Å². The van der Waals surface area contributed by atoms with Crippen molar-refractivity contribution in [2.75, 3.05) is 0 Å². The lowest BCUT2D eigenvalue weighted by molar-refractivity contribution is 1.06. The van der Waals surface area contributed by atoms with Crippen LogP contribution in [0.4, 0.5) is 0 Å². The summed E-state index contributed by atoms with van der Waals surface area (Å²) in [6.07, 6.45) is 5.23. The molecule has 1 aromatic carbocycles. The van der Waals surface area contributed by atoms with Gasteiger partial charge < -0.3 is 0 Å². The van der Waals surface area contributed by atoms with Crippen molar-refractivity contribution in [1.82, 2.24) is 15.0 Å². The third-order valence-corrected chi connectivity index (χ3v) is 3.80. The molecule has 0 aliphatic carbocycles. The molecule has 0 spiro atoms. The van der Waals surface area contributed by atoms with Gasteiger partial charge in [-0.25, -0.2) is 9.97 Å². The first-order valence-corrected chi connectivity index (χ1v) is 7.17. The van der Waals surface area contributed by atoms with E-state index in [-0.39, 0.29) is 0 Å². The minimum atomic E-state index is 0.700. The Hall–Kier alpha value is -1.91. The highest BCUT2D eigenvalue weighted by molar-refractivity contribution is 7.99. The van der Waals surface area contributed by atoms with Gasteiger partial charge in [0.2, 0.25) is 0 Å². The van der Waals surface area contributed by atoms with Gasteiger partial charge in [0, 0.05) is 34.1 Å². The van der Waals surface area contributed by atoms with Crippen LogP contribution in [0.3, 0.4) is 0 Å². The van der Waals surface area contributed by atoms with Crippen molar-refractivity contribution in [2.45, 2.75) is 9.92 Å². The molecule has 0 fully saturated rings. The second kappa shape index (κ2) is 6.03. The van der Waals surface area contributed by atoms with E-state index in [0.717, 1.165) is 20.5 Å². The number of pyridine rings is 1. The lowest BCUT2D eigenvalue weighted by Gasteiger charge is -2.03. The van der Waals surface area contributed by atoms with E-state index in [1.165, 1.54) is 0 Å². The van der Waals surface area contributed by atoms with Crippen molar-refractivity contribution in [3.05, 3.63) is 66.1 Å². The molecule has 20 heavy (non-hydrogen) atoms. The molecule has 0 saturated heterocycles. The van der Waals surface area contributed by atoms with Crippen LogP contribution in [-0.4, -0.2) is 15.0 Å². The lowest BCUT2D eigenvalue weighted by atomic mass is 10.2. The van der Waals surface area contributed by atoms with Crippen molar-refractivity contribution < 1.29 is 0 Å². The molecule has 0 unspecified atom stereocenters. The first kappa shape index (κ1) is 13.1. The minimum absolute atomic E-state index is 0.700. The Bertz CT molecular complexity index is 702. The van der Waals surface area contributed by atoms with Crippen LogP contribution < -0.4 is 0 Å². The molecule has 2 aromatic heterocycles. The van der Waals surface area contributed by atoms with E-state index in [2.05, 4.69) is 15.0 Å². The van der Waals surface area contributed by atoms with Gasteiger partial charge in [-0.05, 0) is 42.5 Å². The maximum atomic E-state index is 5.88. The lowest BCUT2D eigenvalue weighted by Crippen LogP contribution is -1.90. The third-order valence-electron chi connectivity index (χ3n) is 2.60. The minimum Gasteiger partial charge on any atom is -0.265 e. The molecule has 0 bridgehead atoms. The van der Waals surface area contributed by atoms with Crippen molar-refractivity contribution in [3.63, 3.8) is 0 Å². The van der Waals surface area contributed by atoms with E-state index in [4.69, 9.17) is 11.6 Å². The average Bonchev–Trinajstić information content (AvgIpc) is 2.51. The van der Waals surface area contributed by atoms with Gasteiger partial charge in [-0.2, -0.15) is 0 Å². The second-order valence-electron chi connectivity index (χ2n) is 4.01. The van der Waals surface area contributed by atoms with E-state index in [1.807, 2.05) is 42.5 Å². The fraction of sp³-hybridized carbons (Fsp3) is 0. The van der Waals surface area contributed by atoms with Gasteiger partial charge in [0.25, 0.3) is 0 Å². The summed E-state index contributed by atoms with van der Waals surface area (Å²) in [5.41, 5.74) is 0.957. The van der Waals surface area contributed by atoms with Crippen molar-refractivity contribution in [3.8, 4) is 11.4 Å². The summed E-state index contributed by atoms with van der Waals surface area (Å²) in [5.74, 6) is 0.700. The topological polar surface area (TPSA) is 38.7 Å². The van der Waals surface area contributed by atoms with Gasteiger partial charge in [-0.15, -0.1) is 0 Å². The molecule has 0 amide bonds. The predicted octanol–water partition coefficient (Wildman–Crippen LogP) is 4.34. The Balaban J connectivity index is 1.86. The molecule has 3 nitrogen and oxygen atoms in total. The zero-order valence-corrected chi connectivity index (χ0v) is 12.0. The molecule has 0 N–H and O–H groups in total. The maximum absolute atomic E-state index is 5.88. The quantitative estimate of drug-likeness (QED) is 0.674. The molecular formula is C15H10ClN3S. The van der Waals surface area contributed by atoms with Crippen LogP contribution in [0, 0.1) is 0 Å². The fourth-order valence-corrected chi connectivity index (χ4v) is 2.56. The Kier molecular flexibility index (Phi) is 3.95. The molecule has 5 heteroatoms. The van der Waals surface area contributed by atoms with E-state index in [0.29, 0.717) is 5.82 Å². The summed E-state index contributed by atoms with van der Waals surface area (Å²) in [4.78, 5) is 13.9. The highest BCUT2D eigenvalue weighted by atomic mass is 35.5. The van der Waals surface area contributed by atoms with Crippen LogP contribution in [0.25, 0.3) is 11.4 Å². The summed E-state index contributed by atoms with van der Waals surface area (Å²) < 4.78 is 0. The molecule has 0 atom stereocenters. The largest absolute Gasteiger partial charge is 0.265 e. The standard InChI is InChI=1S/C15H10ClN3S/c16-12-1-3-13(4-2-12)20-14-7-10-18-15(19-14)11-5-8-17-9-6-11/h1-10H. The van der Waals surface area contributed by atoms with Gasteiger partial charge in [0.15, 0.2) is 5.82 Å². The highest BCUT2D eigenvalue weighted by Gasteiger charge is 2.04. The molecule has 0 saturated carbocycles. The van der Waals surface area contributed by atoms with E-state index >= 15 is 0 Å². The Morgan fingerprint density at radius 1 is 0.850 bits per heavy atom. The van der Waals surface area contributed by atoms with Gasteiger partial charge in [-0.3, -0.25) is 4.98 Å². The number of halogens is 1. The summed E-state index contributed by atoms with van der Waals surface area (Å²) in [5, 5.41) is 1.63. The summed E-state index contributed by atoms with van der Waals surface area (Å²) in [7, 11) is 0. The monoisotopic (exact) mass is 299 g/mol. The number of hydrogen-bond acceptors (Lipinski definition) is 4. The molecule has 98 valence electrons. The molecule has 0 radical (unpaired) electrons. The van der Waals surface area contributed by atoms with Crippen LogP contribution >= 0.6 is 23.4 Å². The molecular weight excluding hydrogens is 290 g/mol. The van der Waals surface area contributed by atoms with Gasteiger partial charge >= 0.3 is 0 Å². The highest BCUT2D eigenvalue weighted by Crippen LogP contribution is 2.28. The van der Waals surface area contributed by atoms with Crippen LogP contribution in [0.2, 0.25) is 5.02 Å². The van der Waals surface area contributed by atoms with E-state index in [9.17, 15) is 0 Å². The van der Waals surface area contributed by atoms with Crippen molar-refractivity contribution in [1.29, 1.82) is 0 Å². The second-order valence-corrected chi connectivity index (χ2v) is 5.54. The van der Waals surface area contributed by atoms with Crippen LogP contribution in [-0.2, 0) is 0 Å². The molecule has 3 rings (SSSR count). The third kappa shape index (κ3) is 3.15. The maximum Gasteiger partial charge on any atom is 0.160 e. The van der Waals surface area contributed by atoms with Gasteiger partial charge in [-0.1, -0.05) is 23.4 Å². The fourth-order valence-electron chi connectivity index (χ4n) is 1.66. The molecule has 0 aliphatic rings. The number of hydrogen-bond donors (Lipinski definition) is 0. The number of rotatable bonds is 3. The number of benzene rings is 1. The zero-order chi connectivity index (χ0) is 13.8. The van der Waals surface area contributed by atoms with Gasteiger partial charge in [0.1, 0.15) is 5.03 Å². The Morgan fingerprint density at radius 2 is 1.60 bits per heavy atom. The Labute approximate surface area is 126 Å². The van der Waals surface area contributed by atoms with Crippen LogP contribution in [0.1, 0.15) is 0 Å². The molecule has 0 aliphatic heterocycles. The SMILES string of the molecule is Clc1ccc(Sc2ccnc(-c3ccncc3)n2)cc1. The normalized spacial score (nSPS) is 10.4. The van der Waals surface area contributed by atoms with Crippen LogP contribution in [0.5, 0.6) is 0 Å². The summed E-state index contributed by atoms with van der Waals surface area (Å²) >= 11 is 7.46. The molecule has 2 heterocycles. The zero-order valence-electron chi connectivity index (χ0n) is 10.4. The van der Waals surface area contributed by atoms with E-state index in [1.54, 1.807) is 30.4 Å². The first-order valence-electron chi connectivity index (χ1n) is 5.98. The van der Waals surface area contributed by atoms with Crippen molar-refractivity contribution >= 4 is 23.4 Å². The van der Waals surface area contributed by atoms with E-state index < -0.39 is 0 Å². The molecule has 3 aromatic rings. The van der Waals surface area contributed by atoms with Gasteiger partial charge in [0.05, 0.1) is 0 Å². The smallest absolute Gasteiger partial charge is 0.160 e. The van der Waals surface area contributed by atoms with Crippen molar-refractivity contribution in [2.24, 2.45) is 0 Å². The summed E-state index contributed by atoms with van der Waals surface area (Å²) in [6.45, 7) is 0. The average molecular weight is 300 g/mol.